The molecule has 1 saturated heterocycles. The van der Waals surface area contributed by atoms with Gasteiger partial charge in [0.15, 0.2) is 0 Å². The zero-order valence-electron chi connectivity index (χ0n) is 21.2. The Balaban J connectivity index is 1.38. The molecule has 0 bridgehead atoms. The molecule has 3 amide bonds. The second-order valence-corrected chi connectivity index (χ2v) is 12.1. The van der Waals surface area contributed by atoms with Crippen molar-refractivity contribution in [1.82, 2.24) is 9.55 Å². The molecule has 4 heterocycles. The van der Waals surface area contributed by atoms with Crippen LogP contribution in [-0.4, -0.2) is 32.5 Å². The van der Waals surface area contributed by atoms with Gasteiger partial charge in [-0.15, -0.1) is 0 Å². The summed E-state index contributed by atoms with van der Waals surface area (Å²) in [5.74, 6) is -3.39. The Hall–Kier alpha value is -3.94. The van der Waals surface area contributed by atoms with Crippen LogP contribution in [0.25, 0.3) is 0 Å². The van der Waals surface area contributed by atoms with Crippen LogP contribution in [0.3, 0.4) is 0 Å². The third-order valence-corrected chi connectivity index (χ3v) is 9.84. The second-order valence-electron chi connectivity index (χ2n) is 9.53. The zero-order valence-corrected chi connectivity index (χ0v) is 23.6. The van der Waals surface area contributed by atoms with Crippen LogP contribution in [0.1, 0.15) is 21.9 Å². The van der Waals surface area contributed by atoms with Crippen molar-refractivity contribution in [3.05, 3.63) is 104 Å². The Morgan fingerprint density at radius 2 is 1.74 bits per heavy atom. The lowest BCUT2D eigenvalue weighted by Gasteiger charge is -2.30. The summed E-state index contributed by atoms with van der Waals surface area (Å²) in [6.07, 6.45) is -1.59. The standard InChI is InChI=1S/C28H18ClF3N4O4S2/c29-15-7-9-16(10-8-15)36-24(38)21-20(14-4-3-11-33-12-14)23-26(41-22(21)25(36)39)35(27(40)42-23)13-19(37)34-18-6-2-1-5-17(18)28(30,31)32/h1-12,20-22H,13H2,(H,34,37)/t20-,21?,22?/m1/s1. The predicted molar refractivity (Wildman–Crippen MR) is 152 cm³/mol. The number of hydrogen-bond acceptors (Lipinski definition) is 7. The van der Waals surface area contributed by atoms with Gasteiger partial charge in [-0.25, -0.2) is 4.90 Å². The summed E-state index contributed by atoms with van der Waals surface area (Å²) < 4.78 is 41.5. The van der Waals surface area contributed by atoms with Gasteiger partial charge in [-0.05, 0) is 48.0 Å². The average Bonchev–Trinajstić information content (AvgIpc) is 3.40. The van der Waals surface area contributed by atoms with E-state index < -0.39 is 63.7 Å². The molecular weight excluding hydrogens is 613 g/mol. The number of pyridine rings is 1. The molecule has 2 aromatic heterocycles. The summed E-state index contributed by atoms with van der Waals surface area (Å²) >= 11 is 7.82. The first-order valence-electron chi connectivity index (χ1n) is 12.4. The van der Waals surface area contributed by atoms with Crippen LogP contribution < -0.4 is 15.1 Å². The number of imide groups is 1. The molecule has 2 aromatic carbocycles. The Morgan fingerprint density at radius 3 is 2.43 bits per heavy atom. The van der Waals surface area contributed by atoms with Crippen LogP contribution in [0.15, 0.2) is 82.9 Å². The number of anilines is 2. The number of fused-ring (bicyclic) bond motifs is 2. The number of thiazole rings is 1. The third-order valence-electron chi connectivity index (χ3n) is 6.99. The fraction of sp³-hybridized carbons (Fsp3) is 0.179. The molecule has 1 N–H and O–H groups in total. The average molecular weight is 631 g/mol. The van der Waals surface area contributed by atoms with Crippen molar-refractivity contribution < 1.29 is 27.6 Å². The molecular formula is C28H18ClF3N4O4S2. The number of carbonyl (C=O) groups excluding carboxylic acids is 3. The van der Waals surface area contributed by atoms with E-state index in [1.807, 2.05) is 0 Å². The van der Waals surface area contributed by atoms with E-state index in [9.17, 15) is 32.3 Å². The molecule has 6 rings (SSSR count). The summed E-state index contributed by atoms with van der Waals surface area (Å²) in [4.78, 5) is 58.9. The second kappa shape index (κ2) is 10.7. The number of halogens is 4. The molecule has 4 aromatic rings. The monoisotopic (exact) mass is 630 g/mol. The number of nitrogens with one attached hydrogen (secondary N) is 1. The van der Waals surface area contributed by atoms with Crippen LogP contribution in [0.5, 0.6) is 0 Å². The highest BCUT2D eigenvalue weighted by Crippen LogP contribution is 2.53. The highest BCUT2D eigenvalue weighted by molar-refractivity contribution is 8.00. The predicted octanol–water partition coefficient (Wildman–Crippen LogP) is 5.41. The minimum atomic E-state index is -4.70. The van der Waals surface area contributed by atoms with Gasteiger partial charge < -0.3 is 5.32 Å². The van der Waals surface area contributed by atoms with Gasteiger partial charge in [0.05, 0.1) is 27.9 Å². The fourth-order valence-electron chi connectivity index (χ4n) is 5.19. The fourth-order valence-corrected chi connectivity index (χ4v) is 8.09. The maximum Gasteiger partial charge on any atom is 0.418 e. The molecule has 2 aliphatic heterocycles. The SMILES string of the molecule is O=C(Cn1c2c(sc1=O)[C@H](c1cccnc1)C1C(=O)N(c3ccc(Cl)cc3)C(=O)C1S2)Nc1ccccc1C(F)(F)F. The summed E-state index contributed by atoms with van der Waals surface area (Å²) in [6, 6.07) is 14.2. The Labute approximate surface area is 249 Å². The molecule has 0 saturated carbocycles. The van der Waals surface area contributed by atoms with Crippen LogP contribution in [0.4, 0.5) is 24.5 Å². The normalized spacial score (nSPS) is 19.9. The highest BCUT2D eigenvalue weighted by Gasteiger charge is 2.57. The molecule has 0 radical (unpaired) electrons. The topological polar surface area (TPSA) is 101 Å². The van der Waals surface area contributed by atoms with E-state index in [1.165, 1.54) is 12.1 Å². The van der Waals surface area contributed by atoms with Crippen molar-refractivity contribution >= 4 is 63.8 Å². The van der Waals surface area contributed by atoms with Gasteiger partial charge >= 0.3 is 11.0 Å². The maximum atomic E-state index is 13.8. The molecule has 2 aliphatic rings. The number of nitrogens with zero attached hydrogens (tertiary/aromatic N) is 3. The highest BCUT2D eigenvalue weighted by atomic mass is 35.5. The number of alkyl halides is 3. The van der Waals surface area contributed by atoms with E-state index >= 15 is 0 Å². The lowest BCUT2D eigenvalue weighted by molar-refractivity contribution is -0.137. The molecule has 0 spiro atoms. The van der Waals surface area contributed by atoms with Gasteiger partial charge in [-0.3, -0.25) is 28.7 Å². The van der Waals surface area contributed by atoms with Crippen molar-refractivity contribution in [2.24, 2.45) is 5.92 Å². The van der Waals surface area contributed by atoms with E-state index in [1.54, 1.807) is 48.8 Å². The van der Waals surface area contributed by atoms with Gasteiger partial charge in [0.2, 0.25) is 17.7 Å². The zero-order chi connectivity index (χ0) is 29.8. The molecule has 3 atom stereocenters. The van der Waals surface area contributed by atoms with Crippen molar-refractivity contribution in [2.75, 3.05) is 10.2 Å². The summed E-state index contributed by atoms with van der Waals surface area (Å²) in [5.41, 5.74) is -0.518. The Kier molecular flexibility index (Phi) is 7.19. The number of rotatable bonds is 5. The van der Waals surface area contributed by atoms with Gasteiger partial charge in [-0.2, -0.15) is 13.2 Å². The molecule has 0 aliphatic carbocycles. The molecule has 14 heteroatoms. The largest absolute Gasteiger partial charge is 0.418 e. The van der Waals surface area contributed by atoms with E-state index in [2.05, 4.69) is 10.3 Å². The first-order valence-corrected chi connectivity index (χ1v) is 14.5. The number of para-hydroxylation sites is 1. The van der Waals surface area contributed by atoms with Crippen LogP contribution in [-0.2, 0) is 27.1 Å². The minimum Gasteiger partial charge on any atom is -0.324 e. The van der Waals surface area contributed by atoms with Gasteiger partial charge in [0.25, 0.3) is 0 Å². The molecule has 8 nitrogen and oxygen atoms in total. The molecule has 214 valence electrons. The van der Waals surface area contributed by atoms with Crippen molar-refractivity contribution in [2.45, 2.75) is 28.9 Å². The summed E-state index contributed by atoms with van der Waals surface area (Å²) in [6.45, 7) is -0.593. The number of thioether (sulfide) groups is 1. The number of amides is 3. The minimum absolute atomic E-state index is 0.304. The number of benzene rings is 2. The first-order chi connectivity index (χ1) is 20.0. The van der Waals surface area contributed by atoms with Crippen molar-refractivity contribution in [3.63, 3.8) is 0 Å². The quantitative estimate of drug-likeness (QED) is 0.296. The summed E-state index contributed by atoms with van der Waals surface area (Å²) in [7, 11) is 0. The maximum absolute atomic E-state index is 13.8. The van der Waals surface area contributed by atoms with Crippen LogP contribution in [0.2, 0.25) is 5.02 Å². The van der Waals surface area contributed by atoms with Gasteiger partial charge in [0, 0.05) is 28.2 Å². The molecule has 42 heavy (non-hydrogen) atoms. The number of aromatic nitrogens is 2. The Morgan fingerprint density at radius 1 is 1.00 bits per heavy atom. The molecule has 1 fully saturated rings. The van der Waals surface area contributed by atoms with E-state index in [-0.39, 0.29) is 0 Å². The number of carbonyl (C=O) groups is 3. The smallest absolute Gasteiger partial charge is 0.324 e. The number of hydrogen-bond donors (Lipinski definition) is 1. The van der Waals surface area contributed by atoms with Gasteiger partial charge in [-0.1, -0.05) is 52.9 Å². The summed E-state index contributed by atoms with van der Waals surface area (Å²) in [5, 5.41) is 2.06. The Bertz CT molecular complexity index is 1780. The van der Waals surface area contributed by atoms with E-state index in [4.69, 9.17) is 11.6 Å². The van der Waals surface area contributed by atoms with Crippen molar-refractivity contribution in [1.29, 1.82) is 0 Å². The first kappa shape index (κ1) is 28.2. The van der Waals surface area contributed by atoms with Gasteiger partial charge in [0.1, 0.15) is 11.8 Å². The van der Waals surface area contributed by atoms with E-state index in [0.29, 0.717) is 26.2 Å². The van der Waals surface area contributed by atoms with E-state index in [0.717, 1.165) is 44.7 Å². The third kappa shape index (κ3) is 4.91. The lowest BCUT2D eigenvalue weighted by Crippen LogP contribution is -2.33. The molecule has 2 unspecified atom stereocenters. The van der Waals surface area contributed by atoms with Crippen molar-refractivity contribution in [3.8, 4) is 0 Å². The lowest BCUT2D eigenvalue weighted by atomic mass is 9.84. The van der Waals surface area contributed by atoms with Crippen LogP contribution >= 0.6 is 34.7 Å². The van der Waals surface area contributed by atoms with Crippen LogP contribution in [0, 0.1) is 5.92 Å².